The fourth-order valence-corrected chi connectivity index (χ4v) is 2.07. The Morgan fingerprint density at radius 3 is 2.53 bits per heavy atom. The Bertz CT molecular complexity index is 475. The predicted octanol–water partition coefficient (Wildman–Crippen LogP) is 1.22. The third-order valence-electron chi connectivity index (χ3n) is 3.41. The van der Waals surface area contributed by atoms with Gasteiger partial charge in [0.25, 0.3) is 5.91 Å². The summed E-state index contributed by atoms with van der Waals surface area (Å²) in [6, 6.07) is 7.15. The van der Waals surface area contributed by atoms with Crippen LogP contribution in [0.15, 0.2) is 24.3 Å². The van der Waals surface area contributed by atoms with Crippen LogP contribution < -0.4 is 5.32 Å². The van der Waals surface area contributed by atoms with Crippen molar-refractivity contribution in [2.75, 3.05) is 13.2 Å². The lowest BCUT2D eigenvalue weighted by atomic mass is 9.98. The number of rotatable bonds is 4. The van der Waals surface area contributed by atoms with Gasteiger partial charge in [-0.1, -0.05) is 19.1 Å². The summed E-state index contributed by atoms with van der Waals surface area (Å²) < 4.78 is 5.10. The second kappa shape index (κ2) is 5.40. The molecule has 1 aromatic rings. The summed E-state index contributed by atoms with van der Waals surface area (Å²) in [5.74, 6) is -1.43. The minimum atomic E-state index is -1.29. The SMILES string of the molecule is CCc1ccc(C(=O)NC2(C(=O)O)CCOC2)cc1. The van der Waals surface area contributed by atoms with Crippen molar-refractivity contribution >= 4 is 11.9 Å². The van der Waals surface area contributed by atoms with Crippen LogP contribution in [0, 0.1) is 0 Å². The van der Waals surface area contributed by atoms with Crippen LogP contribution in [0.5, 0.6) is 0 Å². The van der Waals surface area contributed by atoms with Crippen molar-refractivity contribution in [1.29, 1.82) is 0 Å². The molecule has 1 aromatic carbocycles. The summed E-state index contributed by atoms with van der Waals surface area (Å²) in [6.07, 6.45) is 1.19. The third kappa shape index (κ3) is 2.76. The molecule has 1 heterocycles. The van der Waals surface area contributed by atoms with Crippen molar-refractivity contribution in [1.82, 2.24) is 5.32 Å². The van der Waals surface area contributed by atoms with E-state index >= 15 is 0 Å². The lowest BCUT2D eigenvalue weighted by Crippen LogP contribution is -2.55. The van der Waals surface area contributed by atoms with Crippen LogP contribution in [0.1, 0.15) is 29.3 Å². The van der Waals surface area contributed by atoms with Crippen LogP contribution in [0.3, 0.4) is 0 Å². The number of carboxylic acids is 1. The van der Waals surface area contributed by atoms with Gasteiger partial charge in [-0.2, -0.15) is 0 Å². The Kier molecular flexibility index (Phi) is 3.85. The third-order valence-corrected chi connectivity index (χ3v) is 3.41. The van der Waals surface area contributed by atoms with E-state index in [1.807, 2.05) is 19.1 Å². The van der Waals surface area contributed by atoms with Crippen molar-refractivity contribution in [3.8, 4) is 0 Å². The van der Waals surface area contributed by atoms with Gasteiger partial charge >= 0.3 is 5.97 Å². The molecule has 19 heavy (non-hydrogen) atoms. The maximum atomic E-state index is 12.1. The van der Waals surface area contributed by atoms with Crippen LogP contribution in [-0.2, 0) is 16.0 Å². The highest BCUT2D eigenvalue weighted by Crippen LogP contribution is 2.20. The summed E-state index contributed by atoms with van der Waals surface area (Å²) in [4.78, 5) is 23.4. The van der Waals surface area contributed by atoms with E-state index in [9.17, 15) is 14.7 Å². The normalized spacial score (nSPS) is 22.2. The fourth-order valence-electron chi connectivity index (χ4n) is 2.07. The maximum absolute atomic E-state index is 12.1. The average Bonchev–Trinajstić information content (AvgIpc) is 2.88. The number of nitrogens with one attached hydrogen (secondary N) is 1. The molecule has 2 N–H and O–H groups in total. The van der Waals surface area contributed by atoms with Crippen molar-refractivity contribution in [2.24, 2.45) is 0 Å². The van der Waals surface area contributed by atoms with Gasteiger partial charge in [0, 0.05) is 18.6 Å². The summed E-state index contributed by atoms with van der Waals surface area (Å²) in [7, 11) is 0. The fraction of sp³-hybridized carbons (Fsp3) is 0.429. The summed E-state index contributed by atoms with van der Waals surface area (Å²) in [5, 5.41) is 11.8. The van der Waals surface area contributed by atoms with Gasteiger partial charge in [-0.05, 0) is 24.1 Å². The first-order valence-corrected chi connectivity index (χ1v) is 6.30. The Hall–Kier alpha value is -1.88. The topological polar surface area (TPSA) is 75.6 Å². The molecule has 0 saturated carbocycles. The molecule has 1 fully saturated rings. The number of hydrogen-bond acceptors (Lipinski definition) is 3. The number of aliphatic carboxylic acids is 1. The summed E-state index contributed by atoms with van der Waals surface area (Å²) in [6.45, 7) is 2.40. The molecule has 1 amide bonds. The van der Waals surface area contributed by atoms with Gasteiger partial charge in [0.2, 0.25) is 0 Å². The number of carboxylic acid groups (broad SMARTS) is 1. The molecule has 1 aliphatic rings. The summed E-state index contributed by atoms with van der Waals surface area (Å²) in [5.41, 5.74) is 0.305. The van der Waals surface area contributed by atoms with E-state index in [0.29, 0.717) is 18.6 Å². The lowest BCUT2D eigenvalue weighted by Gasteiger charge is -2.23. The Morgan fingerprint density at radius 1 is 1.37 bits per heavy atom. The zero-order chi connectivity index (χ0) is 13.9. The van der Waals surface area contributed by atoms with E-state index in [0.717, 1.165) is 12.0 Å². The summed E-state index contributed by atoms with van der Waals surface area (Å²) >= 11 is 0. The number of carbonyl (C=O) groups is 2. The van der Waals surface area contributed by atoms with E-state index in [-0.39, 0.29) is 12.5 Å². The average molecular weight is 263 g/mol. The van der Waals surface area contributed by atoms with Gasteiger partial charge in [0.1, 0.15) is 0 Å². The molecule has 5 heteroatoms. The quantitative estimate of drug-likeness (QED) is 0.856. The minimum absolute atomic E-state index is 0.0150. The minimum Gasteiger partial charge on any atom is -0.479 e. The Morgan fingerprint density at radius 2 is 2.05 bits per heavy atom. The molecule has 0 aliphatic carbocycles. The predicted molar refractivity (Wildman–Crippen MR) is 69.1 cm³/mol. The highest BCUT2D eigenvalue weighted by atomic mass is 16.5. The van der Waals surface area contributed by atoms with Gasteiger partial charge in [0.05, 0.1) is 6.61 Å². The van der Waals surface area contributed by atoms with Gasteiger partial charge in [-0.3, -0.25) is 4.79 Å². The molecule has 1 atom stereocenters. The van der Waals surface area contributed by atoms with Crippen LogP contribution in [0.25, 0.3) is 0 Å². The molecule has 5 nitrogen and oxygen atoms in total. The first-order chi connectivity index (χ1) is 9.07. The van der Waals surface area contributed by atoms with E-state index in [1.54, 1.807) is 12.1 Å². The number of amides is 1. The van der Waals surface area contributed by atoms with Crippen molar-refractivity contribution in [3.05, 3.63) is 35.4 Å². The first kappa shape index (κ1) is 13.5. The monoisotopic (exact) mass is 263 g/mol. The lowest BCUT2D eigenvalue weighted by molar-refractivity contribution is -0.144. The molecule has 1 aliphatic heterocycles. The Labute approximate surface area is 111 Å². The first-order valence-electron chi connectivity index (χ1n) is 6.30. The van der Waals surface area contributed by atoms with Crippen LogP contribution >= 0.6 is 0 Å². The maximum Gasteiger partial charge on any atom is 0.331 e. The standard InChI is InChI=1S/C14H17NO4/c1-2-10-3-5-11(6-4-10)12(16)15-14(13(17)18)7-8-19-9-14/h3-6H,2,7-9H2,1H3,(H,15,16)(H,17,18). The molecule has 0 radical (unpaired) electrons. The highest BCUT2D eigenvalue weighted by molar-refractivity contribution is 5.98. The number of benzene rings is 1. The van der Waals surface area contributed by atoms with Gasteiger partial charge < -0.3 is 15.2 Å². The zero-order valence-corrected chi connectivity index (χ0v) is 10.8. The van der Waals surface area contributed by atoms with Crippen LogP contribution in [0.4, 0.5) is 0 Å². The van der Waals surface area contributed by atoms with Gasteiger partial charge in [-0.15, -0.1) is 0 Å². The number of hydrogen-bond donors (Lipinski definition) is 2. The molecule has 1 saturated heterocycles. The molecular formula is C14H17NO4. The number of aryl methyl sites for hydroxylation is 1. The van der Waals surface area contributed by atoms with Gasteiger partial charge in [-0.25, -0.2) is 4.79 Å². The van der Waals surface area contributed by atoms with E-state index in [1.165, 1.54) is 0 Å². The molecule has 0 spiro atoms. The Balaban J connectivity index is 2.13. The molecule has 102 valence electrons. The van der Waals surface area contributed by atoms with Crippen molar-refractivity contribution < 1.29 is 19.4 Å². The molecule has 2 rings (SSSR count). The number of carbonyl (C=O) groups excluding carboxylic acids is 1. The molecule has 0 aromatic heterocycles. The van der Waals surface area contributed by atoms with Crippen molar-refractivity contribution in [2.45, 2.75) is 25.3 Å². The second-order valence-electron chi connectivity index (χ2n) is 4.69. The van der Waals surface area contributed by atoms with E-state index in [4.69, 9.17) is 4.74 Å². The second-order valence-corrected chi connectivity index (χ2v) is 4.69. The van der Waals surface area contributed by atoms with Crippen LogP contribution in [0.2, 0.25) is 0 Å². The zero-order valence-electron chi connectivity index (χ0n) is 10.8. The van der Waals surface area contributed by atoms with Crippen LogP contribution in [-0.4, -0.2) is 35.7 Å². The molecule has 0 bridgehead atoms. The van der Waals surface area contributed by atoms with Gasteiger partial charge in [0.15, 0.2) is 5.54 Å². The van der Waals surface area contributed by atoms with E-state index in [2.05, 4.69) is 5.32 Å². The number of ether oxygens (including phenoxy) is 1. The van der Waals surface area contributed by atoms with Crippen molar-refractivity contribution in [3.63, 3.8) is 0 Å². The van der Waals surface area contributed by atoms with E-state index < -0.39 is 11.5 Å². The molecule has 1 unspecified atom stereocenters. The highest BCUT2D eigenvalue weighted by Gasteiger charge is 2.44. The smallest absolute Gasteiger partial charge is 0.331 e. The molecular weight excluding hydrogens is 246 g/mol. The largest absolute Gasteiger partial charge is 0.479 e.